The molecular weight excluding hydrogens is 413 g/mol. The summed E-state index contributed by atoms with van der Waals surface area (Å²) in [5.41, 5.74) is 20.4. The van der Waals surface area contributed by atoms with Crippen LogP contribution >= 0.6 is 23.2 Å². The SMILES string of the molecule is NC(N)=N/N=C/c1c(F)cccc1Cl.NC(N)=N/N=C/c1c(F)cccc1Cl. The molecule has 0 saturated heterocycles. The summed E-state index contributed by atoms with van der Waals surface area (Å²) in [6.45, 7) is 0. The van der Waals surface area contributed by atoms with Crippen LogP contribution in [0.15, 0.2) is 56.8 Å². The van der Waals surface area contributed by atoms with E-state index in [2.05, 4.69) is 20.4 Å². The van der Waals surface area contributed by atoms with Crippen molar-refractivity contribution in [1.82, 2.24) is 0 Å². The molecule has 28 heavy (non-hydrogen) atoms. The van der Waals surface area contributed by atoms with Gasteiger partial charge in [-0.1, -0.05) is 35.3 Å². The Hall–Kier alpha value is -3.24. The fraction of sp³-hybridized carbons (Fsp3) is 0. The lowest BCUT2D eigenvalue weighted by Gasteiger charge is -1.97. The van der Waals surface area contributed by atoms with E-state index < -0.39 is 11.6 Å². The quantitative estimate of drug-likeness (QED) is 0.334. The monoisotopic (exact) mass is 428 g/mol. The van der Waals surface area contributed by atoms with Gasteiger partial charge in [0.25, 0.3) is 0 Å². The lowest BCUT2D eigenvalue weighted by atomic mass is 10.2. The van der Waals surface area contributed by atoms with Gasteiger partial charge >= 0.3 is 0 Å². The number of nitrogens with zero attached hydrogens (tertiary/aromatic N) is 4. The third kappa shape index (κ3) is 7.98. The third-order valence-corrected chi connectivity index (χ3v) is 3.38. The highest BCUT2D eigenvalue weighted by Gasteiger charge is 2.03. The molecule has 0 aromatic heterocycles. The summed E-state index contributed by atoms with van der Waals surface area (Å²) < 4.78 is 26.2. The van der Waals surface area contributed by atoms with Crippen LogP contribution in [0.25, 0.3) is 0 Å². The van der Waals surface area contributed by atoms with Crippen LogP contribution in [0.4, 0.5) is 8.78 Å². The number of hydrogen-bond acceptors (Lipinski definition) is 4. The van der Waals surface area contributed by atoms with Gasteiger partial charge in [0.05, 0.1) is 22.5 Å². The second kappa shape index (κ2) is 11.5. The van der Waals surface area contributed by atoms with Gasteiger partial charge in [-0.05, 0) is 24.3 Å². The molecule has 0 unspecified atom stereocenters. The molecule has 8 N–H and O–H groups in total. The average molecular weight is 429 g/mol. The molecule has 0 radical (unpaired) electrons. The zero-order valence-electron chi connectivity index (χ0n) is 14.2. The standard InChI is InChI=1S/2C8H8ClFN4/c2*9-6-2-1-3-7(10)5(6)4-13-14-8(11)12/h2*1-4H,(H4,11,12,14)/b2*13-4+. The van der Waals surface area contributed by atoms with Crippen molar-refractivity contribution in [3.8, 4) is 0 Å². The van der Waals surface area contributed by atoms with Crippen LogP contribution in [-0.4, -0.2) is 24.3 Å². The van der Waals surface area contributed by atoms with Gasteiger partial charge in [0, 0.05) is 11.1 Å². The lowest BCUT2D eigenvalue weighted by Crippen LogP contribution is -2.21. The lowest BCUT2D eigenvalue weighted by molar-refractivity contribution is 0.625. The second-order valence-corrected chi connectivity index (χ2v) is 5.62. The normalized spacial score (nSPS) is 10.4. The van der Waals surface area contributed by atoms with Crippen molar-refractivity contribution in [1.29, 1.82) is 0 Å². The molecule has 0 aliphatic rings. The van der Waals surface area contributed by atoms with Crippen molar-refractivity contribution < 1.29 is 8.78 Å². The van der Waals surface area contributed by atoms with E-state index in [1.54, 1.807) is 12.1 Å². The number of halogens is 4. The van der Waals surface area contributed by atoms with Crippen LogP contribution in [-0.2, 0) is 0 Å². The molecule has 0 fully saturated rings. The molecule has 2 rings (SSSR count). The molecule has 0 heterocycles. The van der Waals surface area contributed by atoms with Gasteiger partial charge in [0.1, 0.15) is 11.6 Å². The maximum absolute atomic E-state index is 13.1. The Morgan fingerprint density at radius 1 is 0.714 bits per heavy atom. The van der Waals surface area contributed by atoms with Crippen LogP contribution < -0.4 is 22.9 Å². The number of benzene rings is 2. The first-order valence-electron chi connectivity index (χ1n) is 7.34. The van der Waals surface area contributed by atoms with Crippen molar-refractivity contribution >= 4 is 47.6 Å². The molecule has 0 spiro atoms. The fourth-order valence-corrected chi connectivity index (χ4v) is 2.00. The Balaban J connectivity index is 0.000000280. The van der Waals surface area contributed by atoms with Gasteiger partial charge < -0.3 is 22.9 Å². The van der Waals surface area contributed by atoms with Crippen molar-refractivity contribution in [2.75, 3.05) is 0 Å². The minimum absolute atomic E-state index is 0.152. The Bertz CT molecular complexity index is 805. The van der Waals surface area contributed by atoms with E-state index in [0.717, 1.165) is 12.4 Å². The summed E-state index contributed by atoms with van der Waals surface area (Å²) in [6.07, 6.45) is 2.30. The van der Waals surface area contributed by atoms with E-state index in [1.807, 2.05) is 0 Å². The highest BCUT2D eigenvalue weighted by atomic mass is 35.5. The molecule has 0 bridgehead atoms. The molecule has 12 heteroatoms. The van der Waals surface area contributed by atoms with Gasteiger partial charge in [0.15, 0.2) is 0 Å². The number of rotatable bonds is 4. The fourth-order valence-electron chi connectivity index (χ4n) is 1.57. The number of guanidine groups is 2. The van der Waals surface area contributed by atoms with Crippen LogP contribution in [0.1, 0.15) is 11.1 Å². The van der Waals surface area contributed by atoms with Crippen molar-refractivity contribution in [3.63, 3.8) is 0 Å². The van der Waals surface area contributed by atoms with E-state index >= 15 is 0 Å². The summed E-state index contributed by atoms with van der Waals surface area (Å²) in [7, 11) is 0. The highest BCUT2D eigenvalue weighted by molar-refractivity contribution is 6.33. The Morgan fingerprint density at radius 2 is 1.07 bits per heavy atom. The molecule has 0 aliphatic carbocycles. The number of hydrogen-bond donors (Lipinski definition) is 4. The van der Waals surface area contributed by atoms with Crippen LogP contribution in [0, 0.1) is 11.6 Å². The Kier molecular flexibility index (Phi) is 9.34. The van der Waals surface area contributed by atoms with E-state index in [1.165, 1.54) is 24.3 Å². The van der Waals surface area contributed by atoms with Crippen molar-refractivity contribution in [3.05, 3.63) is 69.2 Å². The second-order valence-electron chi connectivity index (χ2n) is 4.81. The maximum Gasteiger partial charge on any atom is 0.211 e. The van der Waals surface area contributed by atoms with Crippen molar-refractivity contribution in [2.45, 2.75) is 0 Å². The predicted molar refractivity (Wildman–Crippen MR) is 110 cm³/mol. The number of nitrogens with two attached hydrogens (primary N) is 4. The Morgan fingerprint density at radius 3 is 1.36 bits per heavy atom. The van der Waals surface area contributed by atoms with Crippen LogP contribution in [0.5, 0.6) is 0 Å². The molecule has 0 atom stereocenters. The molecule has 0 aliphatic heterocycles. The van der Waals surface area contributed by atoms with Gasteiger partial charge in [-0.25, -0.2) is 8.78 Å². The Labute approximate surface area is 169 Å². The molecule has 148 valence electrons. The predicted octanol–water partition coefficient (Wildman–Crippen LogP) is 2.17. The van der Waals surface area contributed by atoms with E-state index in [0.29, 0.717) is 0 Å². The first-order chi connectivity index (χ1) is 13.2. The molecule has 8 nitrogen and oxygen atoms in total. The maximum atomic E-state index is 13.1. The van der Waals surface area contributed by atoms with Crippen LogP contribution in [0.3, 0.4) is 0 Å². The topological polar surface area (TPSA) is 154 Å². The van der Waals surface area contributed by atoms with Gasteiger partial charge in [-0.3, -0.25) is 0 Å². The summed E-state index contributed by atoms with van der Waals surface area (Å²) in [6, 6.07) is 8.61. The van der Waals surface area contributed by atoms with Crippen LogP contribution in [0.2, 0.25) is 10.0 Å². The molecule has 2 aromatic carbocycles. The van der Waals surface area contributed by atoms with E-state index in [9.17, 15) is 8.78 Å². The minimum Gasteiger partial charge on any atom is -0.369 e. The smallest absolute Gasteiger partial charge is 0.211 e. The largest absolute Gasteiger partial charge is 0.369 e. The van der Waals surface area contributed by atoms with Gasteiger partial charge in [0.2, 0.25) is 11.9 Å². The summed E-state index contributed by atoms with van der Waals surface area (Å²) in [4.78, 5) is 0. The average Bonchev–Trinajstić information content (AvgIpc) is 2.60. The summed E-state index contributed by atoms with van der Waals surface area (Å²) >= 11 is 11.4. The molecule has 2 aromatic rings. The van der Waals surface area contributed by atoms with Gasteiger partial charge in [-0.15, -0.1) is 10.2 Å². The van der Waals surface area contributed by atoms with Crippen molar-refractivity contribution in [2.24, 2.45) is 43.3 Å². The molecule has 0 saturated carbocycles. The highest BCUT2D eigenvalue weighted by Crippen LogP contribution is 2.17. The zero-order valence-corrected chi connectivity index (χ0v) is 15.7. The molecular formula is C16H16Cl2F2N8. The summed E-state index contributed by atoms with van der Waals surface area (Å²) in [5.74, 6) is -1.36. The van der Waals surface area contributed by atoms with Gasteiger partial charge in [-0.2, -0.15) is 10.2 Å². The third-order valence-electron chi connectivity index (χ3n) is 2.72. The first-order valence-corrected chi connectivity index (χ1v) is 8.10. The zero-order chi connectivity index (χ0) is 21.1. The minimum atomic E-state index is -0.480. The van der Waals surface area contributed by atoms with E-state index in [4.69, 9.17) is 46.1 Å². The van der Waals surface area contributed by atoms with E-state index in [-0.39, 0.29) is 33.1 Å². The first kappa shape index (κ1) is 22.8. The molecule has 0 amide bonds. The summed E-state index contributed by atoms with van der Waals surface area (Å²) in [5, 5.41) is 14.0.